The lowest BCUT2D eigenvalue weighted by Crippen LogP contribution is -2.40. The summed E-state index contributed by atoms with van der Waals surface area (Å²) in [6.45, 7) is 3.42. The number of hydrogen-bond donors (Lipinski definition) is 1. The molecule has 1 aliphatic carbocycles. The number of imide groups is 1. The number of amides is 2. The van der Waals surface area contributed by atoms with Crippen LogP contribution >= 0.6 is 22.9 Å². The number of nitrogens with zero attached hydrogens (tertiary/aromatic N) is 2. The van der Waals surface area contributed by atoms with E-state index in [1.807, 2.05) is 31.2 Å². The second-order valence-electron chi connectivity index (χ2n) is 9.27. The smallest absolute Gasteiger partial charge is 0.230 e. The third-order valence-corrected chi connectivity index (χ3v) is 8.36. The number of pyridine rings is 1. The van der Waals surface area contributed by atoms with Crippen LogP contribution in [0.25, 0.3) is 21.3 Å². The van der Waals surface area contributed by atoms with Gasteiger partial charge in [0.25, 0.3) is 0 Å². The van der Waals surface area contributed by atoms with Crippen LogP contribution in [0.1, 0.15) is 36.1 Å². The number of carbonyl (C=O) groups is 2. The van der Waals surface area contributed by atoms with Gasteiger partial charge >= 0.3 is 0 Å². The van der Waals surface area contributed by atoms with Gasteiger partial charge in [-0.2, -0.15) is 0 Å². The van der Waals surface area contributed by atoms with Gasteiger partial charge in [-0.05, 0) is 62.1 Å². The van der Waals surface area contributed by atoms with Crippen LogP contribution in [-0.2, 0) is 16.1 Å². The van der Waals surface area contributed by atoms with E-state index in [2.05, 4.69) is 10.3 Å². The lowest BCUT2D eigenvalue weighted by Gasteiger charge is -2.26. The number of fused-ring (bicyclic) bond motifs is 3. The van der Waals surface area contributed by atoms with E-state index in [9.17, 15) is 9.59 Å². The summed E-state index contributed by atoms with van der Waals surface area (Å²) in [5, 5.41) is 4.24. The monoisotopic (exact) mass is 481 g/mol. The first-order valence-corrected chi connectivity index (χ1v) is 12.6. The fourth-order valence-electron chi connectivity index (χ4n) is 5.40. The number of likely N-dealkylation sites (tertiary alicyclic amines) is 1. The predicted octanol–water partition coefficient (Wildman–Crippen LogP) is 4.70. The summed E-state index contributed by atoms with van der Waals surface area (Å²) in [4.78, 5) is 31.0. The van der Waals surface area contributed by atoms with E-state index in [4.69, 9.17) is 16.3 Å². The van der Waals surface area contributed by atoms with Gasteiger partial charge in [0.15, 0.2) is 0 Å². The molecule has 0 radical (unpaired) electrons. The number of nitrogens with one attached hydrogen (secondary N) is 1. The van der Waals surface area contributed by atoms with Crippen LogP contribution in [0, 0.1) is 12.8 Å². The molecule has 33 heavy (non-hydrogen) atoms. The van der Waals surface area contributed by atoms with Crippen molar-refractivity contribution in [3.63, 3.8) is 0 Å². The Hall–Kier alpha value is -2.48. The van der Waals surface area contributed by atoms with Gasteiger partial charge < -0.3 is 10.1 Å². The highest BCUT2D eigenvalue weighted by Crippen LogP contribution is 2.44. The molecule has 0 spiro atoms. The first-order valence-electron chi connectivity index (χ1n) is 11.4. The first kappa shape index (κ1) is 21.1. The van der Waals surface area contributed by atoms with Crippen molar-refractivity contribution in [3.05, 3.63) is 45.9 Å². The summed E-state index contributed by atoms with van der Waals surface area (Å²) >= 11 is 8.06. The third-order valence-electron chi connectivity index (χ3n) is 7.00. The molecular formula is C25H24ClN3O3S. The molecule has 8 heteroatoms. The Labute approximate surface area is 200 Å². The van der Waals surface area contributed by atoms with Crippen LogP contribution in [0.2, 0.25) is 5.02 Å². The zero-order valence-corrected chi connectivity index (χ0v) is 19.8. The normalized spacial score (nSPS) is 24.4. The standard InChI is InChI=1S/C25H24ClN3O3S/c1-13-6-15(26)9-18(24(13)32-21-8-14-7-19(21)28-11-14)17-4-5-27-20-10-16(33-25(17)20)12-29-22(30)2-3-23(29)31/h4-6,9-10,14,19,21,28H,2-3,7-8,11-12H2,1H3/t14-,19+,21+/m1/s1. The molecule has 0 unspecified atom stereocenters. The summed E-state index contributed by atoms with van der Waals surface area (Å²) in [6, 6.07) is 8.28. The van der Waals surface area contributed by atoms with Gasteiger partial charge in [-0.3, -0.25) is 19.5 Å². The average Bonchev–Trinajstić information content (AvgIpc) is 3.56. The van der Waals surface area contributed by atoms with E-state index in [1.165, 1.54) is 11.3 Å². The van der Waals surface area contributed by atoms with Gasteiger partial charge in [-0.25, -0.2) is 0 Å². The molecule has 3 fully saturated rings. The molecule has 1 aromatic carbocycles. The molecule has 3 atom stereocenters. The minimum absolute atomic E-state index is 0.105. The minimum atomic E-state index is -0.105. The van der Waals surface area contributed by atoms with Crippen LogP contribution in [-0.4, -0.2) is 40.4 Å². The maximum atomic E-state index is 12.1. The Bertz CT molecular complexity index is 1270. The molecule has 1 N–H and O–H groups in total. The summed E-state index contributed by atoms with van der Waals surface area (Å²) in [5.74, 6) is 1.35. The van der Waals surface area contributed by atoms with Crippen molar-refractivity contribution in [2.45, 2.75) is 51.3 Å². The van der Waals surface area contributed by atoms with Gasteiger partial charge in [-0.15, -0.1) is 11.3 Å². The Morgan fingerprint density at radius 2 is 2.00 bits per heavy atom. The molecule has 4 heterocycles. The summed E-state index contributed by atoms with van der Waals surface area (Å²) < 4.78 is 7.64. The van der Waals surface area contributed by atoms with Crippen molar-refractivity contribution in [2.75, 3.05) is 6.54 Å². The second kappa shape index (κ2) is 8.08. The lowest BCUT2D eigenvalue weighted by atomic mass is 10.0. The van der Waals surface area contributed by atoms with Gasteiger partial charge in [0.1, 0.15) is 11.9 Å². The van der Waals surface area contributed by atoms with E-state index in [1.54, 1.807) is 17.5 Å². The van der Waals surface area contributed by atoms with Crippen molar-refractivity contribution in [2.24, 2.45) is 5.92 Å². The fourth-order valence-corrected chi connectivity index (χ4v) is 6.80. The predicted molar refractivity (Wildman–Crippen MR) is 129 cm³/mol. The zero-order valence-electron chi connectivity index (χ0n) is 18.3. The van der Waals surface area contributed by atoms with Crippen LogP contribution in [0.5, 0.6) is 5.75 Å². The molecule has 2 amide bonds. The van der Waals surface area contributed by atoms with E-state index in [0.717, 1.165) is 50.5 Å². The fraction of sp³-hybridized carbons (Fsp3) is 0.400. The van der Waals surface area contributed by atoms with Crippen LogP contribution < -0.4 is 10.1 Å². The molecule has 170 valence electrons. The topological polar surface area (TPSA) is 71.5 Å². The first-order chi connectivity index (χ1) is 16.0. The Kier molecular flexibility index (Phi) is 5.16. The number of aryl methyl sites for hydroxylation is 1. The summed E-state index contributed by atoms with van der Waals surface area (Å²) in [7, 11) is 0. The van der Waals surface area contributed by atoms with Crippen molar-refractivity contribution in [1.29, 1.82) is 0 Å². The number of thiophene rings is 1. The second-order valence-corrected chi connectivity index (χ2v) is 10.8. The number of aromatic nitrogens is 1. The van der Waals surface area contributed by atoms with Crippen molar-refractivity contribution >= 4 is 45.0 Å². The maximum absolute atomic E-state index is 12.1. The van der Waals surface area contributed by atoms with Gasteiger partial charge in [0.05, 0.1) is 16.8 Å². The average molecular weight is 482 g/mol. The van der Waals surface area contributed by atoms with E-state index >= 15 is 0 Å². The maximum Gasteiger partial charge on any atom is 0.230 e. The van der Waals surface area contributed by atoms with E-state index in [0.29, 0.717) is 36.4 Å². The molecule has 6 nitrogen and oxygen atoms in total. The number of ether oxygens (including phenoxy) is 1. The molecule has 2 aromatic heterocycles. The lowest BCUT2D eigenvalue weighted by molar-refractivity contribution is -0.138. The molecule has 2 bridgehead atoms. The molecular weight excluding hydrogens is 458 g/mol. The molecule has 2 saturated heterocycles. The number of halogens is 1. The highest BCUT2D eigenvalue weighted by Gasteiger charge is 2.41. The Morgan fingerprint density at radius 3 is 2.73 bits per heavy atom. The quantitative estimate of drug-likeness (QED) is 0.535. The summed E-state index contributed by atoms with van der Waals surface area (Å²) in [5.41, 5.74) is 3.82. The highest BCUT2D eigenvalue weighted by atomic mass is 35.5. The zero-order chi connectivity index (χ0) is 22.7. The number of rotatable bonds is 5. The van der Waals surface area contributed by atoms with Crippen LogP contribution in [0.3, 0.4) is 0 Å². The van der Waals surface area contributed by atoms with Crippen LogP contribution in [0.15, 0.2) is 30.5 Å². The SMILES string of the molecule is Cc1cc(Cl)cc(-c2ccnc3cc(CN4C(=O)CCC4=O)sc23)c1O[C@H]1C[C@@H]2CN[C@H]1C2. The highest BCUT2D eigenvalue weighted by molar-refractivity contribution is 7.19. The van der Waals surface area contributed by atoms with Gasteiger partial charge in [-0.1, -0.05) is 11.6 Å². The Balaban J connectivity index is 1.39. The van der Waals surface area contributed by atoms with E-state index < -0.39 is 0 Å². The molecule has 1 saturated carbocycles. The molecule has 6 rings (SSSR count). The largest absolute Gasteiger partial charge is 0.488 e. The van der Waals surface area contributed by atoms with Gasteiger partial charge in [0, 0.05) is 46.1 Å². The van der Waals surface area contributed by atoms with E-state index in [-0.39, 0.29) is 17.9 Å². The van der Waals surface area contributed by atoms with Crippen molar-refractivity contribution in [3.8, 4) is 16.9 Å². The number of carbonyl (C=O) groups excluding carboxylic acids is 2. The summed E-state index contributed by atoms with van der Waals surface area (Å²) in [6.07, 6.45) is 4.80. The van der Waals surface area contributed by atoms with Crippen molar-refractivity contribution in [1.82, 2.24) is 15.2 Å². The molecule has 3 aromatic rings. The van der Waals surface area contributed by atoms with Crippen molar-refractivity contribution < 1.29 is 14.3 Å². The minimum Gasteiger partial charge on any atom is -0.488 e. The third kappa shape index (κ3) is 3.72. The number of benzene rings is 1. The number of piperidine rings is 1. The van der Waals surface area contributed by atoms with Crippen LogP contribution in [0.4, 0.5) is 0 Å². The Morgan fingerprint density at radius 1 is 1.18 bits per heavy atom. The number of hydrogen-bond acceptors (Lipinski definition) is 6. The van der Waals surface area contributed by atoms with Gasteiger partial charge in [0.2, 0.25) is 11.8 Å². The molecule has 2 aliphatic heterocycles. The molecule has 3 aliphatic rings.